The van der Waals surface area contributed by atoms with E-state index in [2.05, 4.69) is 54.4 Å². The average molecular weight is 232 g/mol. The fraction of sp³-hybridized carbons (Fsp3) is 0.600. The summed E-state index contributed by atoms with van der Waals surface area (Å²) < 4.78 is 0. The van der Waals surface area contributed by atoms with E-state index < -0.39 is 0 Å². The second kappa shape index (κ2) is 5.65. The van der Waals surface area contributed by atoms with E-state index in [1.165, 1.54) is 24.9 Å². The Morgan fingerprint density at radius 1 is 1.18 bits per heavy atom. The van der Waals surface area contributed by atoms with Crippen LogP contribution in [0.25, 0.3) is 0 Å². The van der Waals surface area contributed by atoms with Crippen molar-refractivity contribution in [2.24, 2.45) is 0 Å². The third-order valence-electron chi connectivity index (χ3n) is 4.06. The lowest BCUT2D eigenvalue weighted by molar-refractivity contribution is 0.118. The molecular weight excluding hydrogens is 208 g/mol. The maximum atomic E-state index is 3.71. The number of piperazine rings is 1. The summed E-state index contributed by atoms with van der Waals surface area (Å²) in [6, 6.07) is 10.8. The van der Waals surface area contributed by atoms with Gasteiger partial charge in [-0.3, -0.25) is 4.90 Å². The highest BCUT2D eigenvalue weighted by Crippen LogP contribution is 2.21. The van der Waals surface area contributed by atoms with Crippen LogP contribution in [0.2, 0.25) is 0 Å². The Bertz CT molecular complexity index is 330. The summed E-state index contributed by atoms with van der Waals surface area (Å²) in [6.45, 7) is 9.13. The molecule has 0 amide bonds. The van der Waals surface area contributed by atoms with Crippen LogP contribution >= 0.6 is 0 Å². The van der Waals surface area contributed by atoms with Crippen LogP contribution in [0.3, 0.4) is 0 Å². The van der Waals surface area contributed by atoms with Gasteiger partial charge in [-0.1, -0.05) is 44.2 Å². The molecule has 0 radical (unpaired) electrons. The maximum Gasteiger partial charge on any atom is 0.0304 e. The van der Waals surface area contributed by atoms with Gasteiger partial charge in [-0.15, -0.1) is 0 Å². The Morgan fingerprint density at radius 2 is 1.88 bits per heavy atom. The molecule has 1 N–H and O–H groups in total. The highest BCUT2D eigenvalue weighted by atomic mass is 15.2. The molecule has 0 saturated carbocycles. The Labute approximate surface area is 105 Å². The molecule has 0 bridgehead atoms. The minimum atomic E-state index is 0.340. The molecule has 2 heteroatoms. The molecule has 94 valence electrons. The van der Waals surface area contributed by atoms with Gasteiger partial charge in [0.2, 0.25) is 0 Å². The van der Waals surface area contributed by atoms with Gasteiger partial charge in [-0.2, -0.15) is 0 Å². The summed E-state index contributed by atoms with van der Waals surface area (Å²) in [6.07, 6.45) is 2.43. The lowest BCUT2D eigenvalue weighted by Gasteiger charge is -2.43. The van der Waals surface area contributed by atoms with Gasteiger partial charge < -0.3 is 5.32 Å². The van der Waals surface area contributed by atoms with Crippen molar-refractivity contribution in [2.75, 3.05) is 19.6 Å². The molecule has 0 aromatic heterocycles. The molecular formula is C15H24N2. The number of hydrogen-bond acceptors (Lipinski definition) is 2. The first-order chi connectivity index (χ1) is 8.28. The van der Waals surface area contributed by atoms with Crippen LogP contribution < -0.4 is 5.32 Å². The van der Waals surface area contributed by atoms with Crippen molar-refractivity contribution >= 4 is 0 Å². The van der Waals surface area contributed by atoms with E-state index in [1.807, 2.05) is 0 Å². The van der Waals surface area contributed by atoms with Gasteiger partial charge in [-0.05, 0) is 18.4 Å². The summed E-state index contributed by atoms with van der Waals surface area (Å²) in [5.74, 6) is 0. The van der Waals surface area contributed by atoms with Crippen molar-refractivity contribution in [3.63, 3.8) is 0 Å². The Hall–Kier alpha value is -0.860. The van der Waals surface area contributed by atoms with Crippen molar-refractivity contribution in [1.82, 2.24) is 10.2 Å². The van der Waals surface area contributed by atoms with Crippen LogP contribution in [-0.4, -0.2) is 30.1 Å². The van der Waals surface area contributed by atoms with Crippen LogP contribution in [-0.2, 0) is 6.54 Å². The highest BCUT2D eigenvalue weighted by Gasteiger charge is 2.31. The standard InChI is InChI=1S/C15H24N2/c1-3-15(4-2)13-17(11-10-16-15)12-14-8-6-5-7-9-14/h5-9,16H,3-4,10-13H2,1-2H3. The number of nitrogens with zero attached hydrogens (tertiary/aromatic N) is 1. The zero-order chi connectivity index (χ0) is 12.1. The highest BCUT2D eigenvalue weighted by molar-refractivity contribution is 5.14. The third kappa shape index (κ3) is 3.08. The number of nitrogens with one attached hydrogen (secondary N) is 1. The van der Waals surface area contributed by atoms with Crippen LogP contribution in [0.4, 0.5) is 0 Å². The molecule has 0 unspecified atom stereocenters. The summed E-state index contributed by atoms with van der Waals surface area (Å²) in [5, 5.41) is 3.71. The minimum absolute atomic E-state index is 0.340. The van der Waals surface area contributed by atoms with Crippen molar-refractivity contribution in [3.8, 4) is 0 Å². The molecule has 1 aromatic rings. The summed E-state index contributed by atoms with van der Waals surface area (Å²) in [4.78, 5) is 2.58. The van der Waals surface area contributed by atoms with Crippen molar-refractivity contribution < 1.29 is 0 Å². The predicted molar refractivity (Wildman–Crippen MR) is 73.0 cm³/mol. The van der Waals surface area contributed by atoms with E-state index in [-0.39, 0.29) is 0 Å². The van der Waals surface area contributed by atoms with E-state index in [9.17, 15) is 0 Å². The second-order valence-corrected chi connectivity index (χ2v) is 5.11. The van der Waals surface area contributed by atoms with Crippen molar-refractivity contribution in [3.05, 3.63) is 35.9 Å². The first-order valence-electron chi connectivity index (χ1n) is 6.79. The molecule has 17 heavy (non-hydrogen) atoms. The number of hydrogen-bond donors (Lipinski definition) is 1. The second-order valence-electron chi connectivity index (χ2n) is 5.11. The van der Waals surface area contributed by atoms with Crippen molar-refractivity contribution in [1.29, 1.82) is 0 Å². The monoisotopic (exact) mass is 232 g/mol. The van der Waals surface area contributed by atoms with Gasteiger partial charge >= 0.3 is 0 Å². The smallest absolute Gasteiger partial charge is 0.0304 e. The first-order valence-corrected chi connectivity index (χ1v) is 6.79. The van der Waals surface area contributed by atoms with Crippen LogP contribution in [0.1, 0.15) is 32.3 Å². The average Bonchev–Trinajstić information content (AvgIpc) is 2.40. The van der Waals surface area contributed by atoms with Gasteiger partial charge in [-0.25, -0.2) is 0 Å². The summed E-state index contributed by atoms with van der Waals surface area (Å²) >= 11 is 0. The molecule has 2 rings (SSSR count). The fourth-order valence-corrected chi connectivity index (χ4v) is 2.74. The van der Waals surface area contributed by atoms with Gasteiger partial charge in [0, 0.05) is 31.7 Å². The number of benzene rings is 1. The normalized spacial score (nSPS) is 20.4. The van der Waals surface area contributed by atoms with Crippen LogP contribution in [0.15, 0.2) is 30.3 Å². The quantitative estimate of drug-likeness (QED) is 0.858. The zero-order valence-electron chi connectivity index (χ0n) is 11.1. The van der Waals surface area contributed by atoms with E-state index in [1.54, 1.807) is 0 Å². The molecule has 1 aliphatic heterocycles. The minimum Gasteiger partial charge on any atom is -0.309 e. The van der Waals surface area contributed by atoms with Gasteiger partial charge in [0.05, 0.1) is 0 Å². The zero-order valence-corrected chi connectivity index (χ0v) is 11.1. The molecule has 1 aromatic carbocycles. The van der Waals surface area contributed by atoms with Crippen LogP contribution in [0.5, 0.6) is 0 Å². The van der Waals surface area contributed by atoms with E-state index in [4.69, 9.17) is 0 Å². The Morgan fingerprint density at radius 3 is 2.53 bits per heavy atom. The van der Waals surface area contributed by atoms with Gasteiger partial charge in [0.25, 0.3) is 0 Å². The molecule has 1 saturated heterocycles. The molecule has 0 atom stereocenters. The topological polar surface area (TPSA) is 15.3 Å². The molecule has 1 heterocycles. The Kier molecular flexibility index (Phi) is 4.19. The lowest BCUT2D eigenvalue weighted by Crippen LogP contribution is -2.59. The molecule has 2 nitrogen and oxygen atoms in total. The van der Waals surface area contributed by atoms with Crippen molar-refractivity contribution in [2.45, 2.75) is 38.8 Å². The summed E-state index contributed by atoms with van der Waals surface area (Å²) in [7, 11) is 0. The summed E-state index contributed by atoms with van der Waals surface area (Å²) in [5.41, 5.74) is 1.77. The number of rotatable bonds is 4. The van der Waals surface area contributed by atoms with Gasteiger partial charge in [0.1, 0.15) is 0 Å². The van der Waals surface area contributed by atoms with E-state index in [0.29, 0.717) is 5.54 Å². The van der Waals surface area contributed by atoms with E-state index in [0.717, 1.165) is 19.6 Å². The predicted octanol–water partition coefficient (Wildman–Crippen LogP) is 2.65. The van der Waals surface area contributed by atoms with E-state index >= 15 is 0 Å². The Balaban J connectivity index is 1.98. The van der Waals surface area contributed by atoms with Crippen LogP contribution in [0, 0.1) is 0 Å². The molecule has 1 fully saturated rings. The molecule has 1 aliphatic rings. The fourth-order valence-electron chi connectivity index (χ4n) is 2.74. The maximum absolute atomic E-state index is 3.71. The SMILES string of the molecule is CCC1(CC)CN(Cc2ccccc2)CCN1. The third-order valence-corrected chi connectivity index (χ3v) is 4.06. The molecule has 0 spiro atoms. The first kappa shape index (κ1) is 12.6. The molecule has 0 aliphatic carbocycles. The largest absolute Gasteiger partial charge is 0.309 e. The lowest BCUT2D eigenvalue weighted by atomic mass is 9.90. The van der Waals surface area contributed by atoms with Gasteiger partial charge in [0.15, 0.2) is 0 Å².